The minimum Gasteiger partial charge on any atom is -0.436 e. The van der Waals surface area contributed by atoms with Crippen molar-refractivity contribution in [1.29, 1.82) is 0 Å². The number of amides is 1. The Morgan fingerprint density at radius 1 is 1.39 bits per heavy atom. The lowest BCUT2D eigenvalue weighted by atomic mass is 10.2. The Balaban J connectivity index is 2.12. The Morgan fingerprint density at radius 3 is 2.87 bits per heavy atom. The van der Waals surface area contributed by atoms with Gasteiger partial charge in [-0.3, -0.25) is 4.79 Å². The molecule has 8 heteroatoms. The predicted molar refractivity (Wildman–Crippen MR) is 77.6 cm³/mol. The number of hydrogen-bond donors (Lipinski definition) is 3. The van der Waals surface area contributed by atoms with E-state index < -0.39 is 30.2 Å². The van der Waals surface area contributed by atoms with E-state index in [2.05, 4.69) is 10.3 Å². The molecule has 0 saturated heterocycles. The van der Waals surface area contributed by atoms with Crippen LogP contribution in [0.3, 0.4) is 0 Å². The number of aliphatic hydroxyl groups is 1. The molecule has 23 heavy (non-hydrogen) atoms. The summed E-state index contributed by atoms with van der Waals surface area (Å²) in [5.74, 6) is -2.26. The van der Waals surface area contributed by atoms with Crippen LogP contribution in [0.2, 0.25) is 0 Å². The van der Waals surface area contributed by atoms with Gasteiger partial charge in [-0.25, -0.2) is 13.8 Å². The van der Waals surface area contributed by atoms with E-state index in [1.54, 1.807) is 12.1 Å². The van der Waals surface area contributed by atoms with Gasteiger partial charge in [0, 0.05) is 24.4 Å². The molecule has 6 nitrogen and oxygen atoms in total. The summed E-state index contributed by atoms with van der Waals surface area (Å²) in [5, 5.41) is 11.3. The van der Waals surface area contributed by atoms with Gasteiger partial charge in [-0.2, -0.15) is 0 Å². The smallest absolute Gasteiger partial charge is 0.239 e. The summed E-state index contributed by atoms with van der Waals surface area (Å²) in [7, 11) is 0. The number of hydrogen-bond acceptors (Lipinski definition) is 5. The van der Waals surface area contributed by atoms with E-state index in [-0.39, 0.29) is 18.2 Å². The summed E-state index contributed by atoms with van der Waals surface area (Å²) in [5.41, 5.74) is 5.85. The Morgan fingerprint density at radius 2 is 2.17 bits per heavy atom. The third-order valence-corrected chi connectivity index (χ3v) is 2.94. The van der Waals surface area contributed by atoms with Crippen LogP contribution in [0.15, 0.2) is 36.5 Å². The van der Waals surface area contributed by atoms with Gasteiger partial charge < -0.3 is 20.9 Å². The van der Waals surface area contributed by atoms with E-state index in [0.717, 1.165) is 12.1 Å². The number of halogens is 2. The SMILES string of the molecule is N[C@@H](CO)C(=O)NCc1cccnc1Oc1ccc(F)cc1F. The standard InChI is InChI=1S/C15H15F2N3O3/c16-10-3-4-13(11(17)6-10)23-15-9(2-1-5-19-15)7-20-14(22)12(18)8-21/h1-6,12,21H,7-8,18H2,(H,20,22)/t12-/m0/s1. The van der Waals surface area contributed by atoms with Crippen LogP contribution in [0.25, 0.3) is 0 Å². The highest BCUT2D eigenvalue weighted by atomic mass is 19.1. The minimum atomic E-state index is -1.04. The molecule has 0 saturated carbocycles. The molecular formula is C15H15F2N3O3. The lowest BCUT2D eigenvalue weighted by molar-refractivity contribution is -0.123. The van der Waals surface area contributed by atoms with Crippen LogP contribution in [-0.2, 0) is 11.3 Å². The maximum Gasteiger partial charge on any atom is 0.239 e. The van der Waals surface area contributed by atoms with Crippen molar-refractivity contribution in [3.8, 4) is 11.6 Å². The molecule has 1 atom stereocenters. The molecule has 1 aromatic heterocycles. The second-order valence-corrected chi connectivity index (χ2v) is 4.65. The van der Waals surface area contributed by atoms with Crippen LogP contribution >= 0.6 is 0 Å². The van der Waals surface area contributed by atoms with Gasteiger partial charge in [0.15, 0.2) is 11.6 Å². The molecule has 0 aliphatic heterocycles. The van der Waals surface area contributed by atoms with Crippen LogP contribution in [0.5, 0.6) is 11.6 Å². The zero-order valence-corrected chi connectivity index (χ0v) is 12.0. The number of aromatic nitrogens is 1. The number of carbonyl (C=O) groups is 1. The molecule has 0 spiro atoms. The van der Waals surface area contributed by atoms with Gasteiger partial charge in [0.1, 0.15) is 11.9 Å². The van der Waals surface area contributed by atoms with Crippen molar-refractivity contribution in [1.82, 2.24) is 10.3 Å². The summed E-state index contributed by atoms with van der Waals surface area (Å²) in [4.78, 5) is 15.5. The molecule has 0 fully saturated rings. The van der Waals surface area contributed by atoms with Crippen molar-refractivity contribution in [2.24, 2.45) is 5.73 Å². The van der Waals surface area contributed by atoms with E-state index >= 15 is 0 Å². The fraction of sp³-hybridized carbons (Fsp3) is 0.200. The van der Waals surface area contributed by atoms with Crippen molar-refractivity contribution in [3.63, 3.8) is 0 Å². The molecule has 1 amide bonds. The number of aliphatic hydroxyl groups excluding tert-OH is 1. The number of rotatable bonds is 6. The zero-order chi connectivity index (χ0) is 16.8. The van der Waals surface area contributed by atoms with Gasteiger partial charge in [-0.15, -0.1) is 0 Å². The molecular weight excluding hydrogens is 308 g/mol. The Labute approximate surface area is 130 Å². The summed E-state index contributed by atoms with van der Waals surface area (Å²) in [6.45, 7) is -0.457. The normalized spacial score (nSPS) is 11.8. The first-order valence-corrected chi connectivity index (χ1v) is 6.72. The average Bonchev–Trinajstić information content (AvgIpc) is 2.55. The Bertz CT molecular complexity index is 697. The first-order valence-electron chi connectivity index (χ1n) is 6.72. The van der Waals surface area contributed by atoms with E-state index in [1.165, 1.54) is 6.20 Å². The van der Waals surface area contributed by atoms with Crippen molar-refractivity contribution in [3.05, 3.63) is 53.7 Å². The fourth-order valence-corrected chi connectivity index (χ4v) is 1.71. The average molecular weight is 323 g/mol. The highest BCUT2D eigenvalue weighted by Gasteiger charge is 2.14. The van der Waals surface area contributed by atoms with Crippen LogP contribution < -0.4 is 15.8 Å². The van der Waals surface area contributed by atoms with Gasteiger partial charge in [-0.1, -0.05) is 6.07 Å². The van der Waals surface area contributed by atoms with Crippen LogP contribution in [0.1, 0.15) is 5.56 Å². The van der Waals surface area contributed by atoms with Gasteiger partial charge in [0.25, 0.3) is 0 Å². The summed E-state index contributed by atoms with van der Waals surface area (Å²) in [6, 6.07) is 5.09. The third-order valence-electron chi connectivity index (χ3n) is 2.94. The van der Waals surface area contributed by atoms with Crippen LogP contribution in [-0.4, -0.2) is 28.6 Å². The molecule has 0 aliphatic rings. The number of nitrogens with zero attached hydrogens (tertiary/aromatic N) is 1. The molecule has 1 aromatic carbocycles. The van der Waals surface area contributed by atoms with Gasteiger partial charge in [-0.05, 0) is 18.2 Å². The van der Waals surface area contributed by atoms with Gasteiger partial charge >= 0.3 is 0 Å². The molecule has 2 aromatic rings. The van der Waals surface area contributed by atoms with Crippen molar-refractivity contribution in [2.75, 3.05) is 6.61 Å². The molecule has 1 heterocycles. The molecule has 0 bridgehead atoms. The first kappa shape index (κ1) is 16.8. The minimum absolute atomic E-state index is 0.0263. The van der Waals surface area contributed by atoms with E-state index in [0.29, 0.717) is 11.6 Å². The number of nitrogens with one attached hydrogen (secondary N) is 1. The highest BCUT2D eigenvalue weighted by Crippen LogP contribution is 2.25. The summed E-state index contributed by atoms with van der Waals surface area (Å²) >= 11 is 0. The fourth-order valence-electron chi connectivity index (χ4n) is 1.71. The van der Waals surface area contributed by atoms with E-state index in [4.69, 9.17) is 15.6 Å². The second kappa shape index (κ2) is 7.61. The Kier molecular flexibility index (Phi) is 5.56. The topological polar surface area (TPSA) is 97.5 Å². The first-order chi connectivity index (χ1) is 11.0. The molecule has 0 radical (unpaired) electrons. The van der Waals surface area contributed by atoms with E-state index in [1.807, 2.05) is 0 Å². The number of pyridine rings is 1. The summed E-state index contributed by atoms with van der Waals surface area (Å²) in [6.07, 6.45) is 1.43. The van der Waals surface area contributed by atoms with Crippen molar-refractivity contribution in [2.45, 2.75) is 12.6 Å². The third kappa shape index (κ3) is 4.44. The lowest BCUT2D eigenvalue weighted by Gasteiger charge is -2.13. The monoisotopic (exact) mass is 323 g/mol. The maximum atomic E-state index is 13.6. The van der Waals surface area contributed by atoms with Crippen molar-refractivity contribution < 1.29 is 23.4 Å². The van der Waals surface area contributed by atoms with Crippen LogP contribution in [0, 0.1) is 11.6 Å². The second-order valence-electron chi connectivity index (χ2n) is 4.65. The quantitative estimate of drug-likeness (QED) is 0.739. The maximum absolute atomic E-state index is 13.6. The van der Waals surface area contributed by atoms with E-state index in [9.17, 15) is 13.6 Å². The number of nitrogens with two attached hydrogens (primary N) is 1. The molecule has 0 aliphatic carbocycles. The molecule has 2 rings (SSSR count). The van der Waals surface area contributed by atoms with Crippen LogP contribution in [0.4, 0.5) is 8.78 Å². The molecule has 4 N–H and O–H groups in total. The van der Waals surface area contributed by atoms with Gasteiger partial charge in [0.2, 0.25) is 11.8 Å². The summed E-state index contributed by atoms with van der Waals surface area (Å²) < 4.78 is 31.8. The Hall–Kier alpha value is -2.58. The number of benzene rings is 1. The van der Waals surface area contributed by atoms with Gasteiger partial charge in [0.05, 0.1) is 6.61 Å². The predicted octanol–water partition coefficient (Wildman–Crippen LogP) is 1.09. The largest absolute Gasteiger partial charge is 0.436 e. The number of carbonyl (C=O) groups excluding carboxylic acids is 1. The molecule has 122 valence electrons. The van der Waals surface area contributed by atoms with Crippen molar-refractivity contribution >= 4 is 5.91 Å². The highest BCUT2D eigenvalue weighted by molar-refractivity contribution is 5.81. The number of ether oxygens (including phenoxy) is 1. The zero-order valence-electron chi connectivity index (χ0n) is 12.0. The lowest BCUT2D eigenvalue weighted by Crippen LogP contribution is -2.42. The molecule has 0 unspecified atom stereocenters.